The number of nitrogens with zero attached hydrogens (tertiary/aromatic N) is 4. The highest BCUT2D eigenvalue weighted by Gasteiger charge is 2.36. The smallest absolute Gasteiger partial charge is 0.281 e. The van der Waals surface area contributed by atoms with E-state index in [0.29, 0.717) is 42.6 Å². The monoisotopic (exact) mass is 412 g/mol. The summed E-state index contributed by atoms with van der Waals surface area (Å²) in [7, 11) is 0. The summed E-state index contributed by atoms with van der Waals surface area (Å²) in [6, 6.07) is 13.0. The molecular weight excluding hydrogens is 396 g/mol. The fraction of sp³-hybridized carbons (Fsp3) is 0.200. The Labute approximate surface area is 171 Å². The van der Waals surface area contributed by atoms with E-state index in [9.17, 15) is 19.7 Å². The number of carbonyl (C=O) groups excluding carboxylic acids is 2. The summed E-state index contributed by atoms with van der Waals surface area (Å²) in [5.41, 5.74) is 1.76. The largest absolute Gasteiger partial charge is 0.368 e. The van der Waals surface area contributed by atoms with E-state index in [-0.39, 0.29) is 17.5 Å². The molecule has 2 aromatic rings. The molecule has 2 amide bonds. The Kier molecular flexibility index (Phi) is 4.94. The maximum atomic E-state index is 12.9. The number of rotatable bonds is 4. The highest BCUT2D eigenvalue weighted by atomic mass is 35.5. The first-order valence-corrected chi connectivity index (χ1v) is 9.42. The van der Waals surface area contributed by atoms with Gasteiger partial charge in [-0.15, -0.1) is 0 Å². The quantitative estimate of drug-likeness (QED) is 0.436. The number of hydrogen-bond donors (Lipinski definition) is 0. The minimum Gasteiger partial charge on any atom is -0.368 e. The van der Waals surface area contributed by atoms with Gasteiger partial charge in [0.05, 0.1) is 10.6 Å². The summed E-state index contributed by atoms with van der Waals surface area (Å²) in [5, 5.41) is 11.2. The Hall–Kier alpha value is -3.39. The zero-order valence-corrected chi connectivity index (χ0v) is 16.1. The molecular formula is C20H17ClN4O4. The molecule has 8 nitrogen and oxygen atoms in total. The van der Waals surface area contributed by atoms with Crippen LogP contribution in [0.2, 0.25) is 5.02 Å². The van der Waals surface area contributed by atoms with Gasteiger partial charge in [-0.3, -0.25) is 19.7 Å². The summed E-state index contributed by atoms with van der Waals surface area (Å²) >= 11 is 5.99. The lowest BCUT2D eigenvalue weighted by molar-refractivity contribution is -0.384. The normalized spacial score (nSPS) is 17.0. The van der Waals surface area contributed by atoms with Crippen LogP contribution in [0.4, 0.5) is 17.1 Å². The van der Waals surface area contributed by atoms with Crippen molar-refractivity contribution in [3.05, 3.63) is 75.4 Å². The van der Waals surface area contributed by atoms with Gasteiger partial charge >= 0.3 is 0 Å². The van der Waals surface area contributed by atoms with Crippen LogP contribution in [0.5, 0.6) is 0 Å². The van der Waals surface area contributed by atoms with E-state index in [2.05, 4.69) is 4.90 Å². The number of amides is 2. The average molecular weight is 413 g/mol. The van der Waals surface area contributed by atoms with Crippen molar-refractivity contribution >= 4 is 40.5 Å². The molecule has 2 aliphatic heterocycles. The Bertz CT molecular complexity index is 1010. The lowest BCUT2D eigenvalue weighted by Crippen LogP contribution is -2.47. The molecule has 0 radical (unpaired) electrons. The van der Waals surface area contributed by atoms with Crippen molar-refractivity contribution in [3.8, 4) is 0 Å². The summed E-state index contributed by atoms with van der Waals surface area (Å²) in [5.74, 6) is -0.744. The Morgan fingerprint density at radius 1 is 0.897 bits per heavy atom. The molecule has 0 aromatic heterocycles. The fourth-order valence-corrected chi connectivity index (χ4v) is 3.72. The van der Waals surface area contributed by atoms with Crippen LogP contribution in [-0.4, -0.2) is 47.8 Å². The van der Waals surface area contributed by atoms with Gasteiger partial charge in [0.2, 0.25) is 0 Å². The van der Waals surface area contributed by atoms with Gasteiger partial charge in [0, 0.05) is 55.1 Å². The van der Waals surface area contributed by atoms with Crippen molar-refractivity contribution in [2.24, 2.45) is 0 Å². The summed E-state index contributed by atoms with van der Waals surface area (Å²) < 4.78 is 0. The van der Waals surface area contributed by atoms with Crippen molar-refractivity contribution < 1.29 is 14.5 Å². The molecule has 2 heterocycles. The van der Waals surface area contributed by atoms with Crippen LogP contribution in [0, 0.1) is 10.1 Å². The lowest BCUT2D eigenvalue weighted by atomic mass is 10.2. The van der Waals surface area contributed by atoms with Crippen LogP contribution >= 0.6 is 11.6 Å². The minimum absolute atomic E-state index is 0.0497. The highest BCUT2D eigenvalue weighted by Crippen LogP contribution is 2.28. The molecule has 2 aromatic carbocycles. The number of nitro groups is 1. The van der Waals surface area contributed by atoms with Crippen LogP contribution in [0.25, 0.3) is 0 Å². The van der Waals surface area contributed by atoms with Crippen LogP contribution in [0.3, 0.4) is 0 Å². The Morgan fingerprint density at radius 3 is 2.17 bits per heavy atom. The van der Waals surface area contributed by atoms with Gasteiger partial charge in [-0.05, 0) is 30.3 Å². The van der Waals surface area contributed by atoms with Crippen LogP contribution in [0.1, 0.15) is 0 Å². The molecule has 0 atom stereocenters. The molecule has 4 rings (SSSR count). The molecule has 9 heteroatoms. The van der Waals surface area contributed by atoms with Gasteiger partial charge in [0.15, 0.2) is 0 Å². The van der Waals surface area contributed by atoms with E-state index in [1.54, 1.807) is 36.4 Å². The second-order valence-electron chi connectivity index (χ2n) is 6.74. The number of benzene rings is 2. The summed E-state index contributed by atoms with van der Waals surface area (Å²) in [6.07, 6.45) is 1.37. The minimum atomic E-state index is -0.428. The second kappa shape index (κ2) is 7.56. The number of imide groups is 1. The second-order valence-corrected chi connectivity index (χ2v) is 7.17. The third-order valence-corrected chi connectivity index (χ3v) is 5.25. The van der Waals surface area contributed by atoms with Crippen LogP contribution < -0.4 is 9.80 Å². The molecule has 2 aliphatic rings. The number of carbonyl (C=O) groups is 2. The van der Waals surface area contributed by atoms with E-state index in [1.807, 2.05) is 4.90 Å². The molecule has 0 N–H and O–H groups in total. The molecule has 1 saturated heterocycles. The molecule has 148 valence electrons. The first-order chi connectivity index (χ1) is 13.9. The number of nitro benzene ring substituents is 1. The molecule has 0 aliphatic carbocycles. The van der Waals surface area contributed by atoms with Gasteiger partial charge in [0.25, 0.3) is 17.5 Å². The average Bonchev–Trinajstić information content (AvgIpc) is 3.02. The summed E-state index contributed by atoms with van der Waals surface area (Å²) in [6.45, 7) is 2.39. The van der Waals surface area contributed by atoms with Crippen molar-refractivity contribution in [2.45, 2.75) is 0 Å². The maximum absolute atomic E-state index is 12.9. The molecule has 0 spiro atoms. The fourth-order valence-electron chi connectivity index (χ4n) is 3.53. The highest BCUT2D eigenvalue weighted by molar-refractivity contribution is 6.33. The van der Waals surface area contributed by atoms with E-state index >= 15 is 0 Å². The third kappa shape index (κ3) is 3.66. The molecule has 0 unspecified atom stereocenters. The van der Waals surface area contributed by atoms with Crippen molar-refractivity contribution in [1.29, 1.82) is 0 Å². The zero-order chi connectivity index (χ0) is 20.5. The van der Waals surface area contributed by atoms with Gasteiger partial charge in [-0.2, -0.15) is 0 Å². The van der Waals surface area contributed by atoms with E-state index < -0.39 is 4.92 Å². The predicted octanol–water partition coefficient (Wildman–Crippen LogP) is 2.83. The first-order valence-electron chi connectivity index (χ1n) is 9.04. The molecule has 0 bridgehead atoms. The van der Waals surface area contributed by atoms with Crippen molar-refractivity contribution in [2.75, 3.05) is 36.0 Å². The van der Waals surface area contributed by atoms with Gasteiger partial charge in [-0.1, -0.05) is 17.7 Å². The summed E-state index contributed by atoms with van der Waals surface area (Å²) in [4.78, 5) is 40.8. The Balaban J connectivity index is 1.43. The molecule has 1 fully saturated rings. The van der Waals surface area contributed by atoms with Crippen molar-refractivity contribution in [1.82, 2.24) is 4.90 Å². The Morgan fingerprint density at radius 2 is 1.55 bits per heavy atom. The van der Waals surface area contributed by atoms with Gasteiger partial charge in [0.1, 0.15) is 5.70 Å². The molecule has 0 saturated carbocycles. The zero-order valence-electron chi connectivity index (χ0n) is 15.3. The topological polar surface area (TPSA) is 87.0 Å². The van der Waals surface area contributed by atoms with Gasteiger partial charge in [-0.25, -0.2) is 4.90 Å². The van der Waals surface area contributed by atoms with Crippen LogP contribution in [-0.2, 0) is 9.59 Å². The molecule has 29 heavy (non-hydrogen) atoms. The number of anilines is 2. The maximum Gasteiger partial charge on any atom is 0.281 e. The van der Waals surface area contributed by atoms with Crippen molar-refractivity contribution in [3.63, 3.8) is 0 Å². The first kappa shape index (κ1) is 18.9. The number of halogens is 1. The van der Waals surface area contributed by atoms with Gasteiger partial charge < -0.3 is 9.80 Å². The lowest BCUT2D eigenvalue weighted by Gasteiger charge is -2.37. The number of non-ortho nitro benzene ring substituents is 1. The number of hydrogen-bond acceptors (Lipinski definition) is 6. The van der Waals surface area contributed by atoms with Crippen LogP contribution in [0.15, 0.2) is 60.3 Å². The predicted molar refractivity (Wildman–Crippen MR) is 109 cm³/mol. The van der Waals surface area contributed by atoms with E-state index in [0.717, 1.165) is 10.6 Å². The van der Waals surface area contributed by atoms with E-state index in [4.69, 9.17) is 11.6 Å². The third-order valence-electron chi connectivity index (χ3n) is 5.02. The van der Waals surface area contributed by atoms with E-state index in [1.165, 1.54) is 18.2 Å². The SMILES string of the molecule is O=C1C=C(N2CCN(c3ccc([N+](=O)[O-])cc3)CC2)C(=O)N1c1cccc(Cl)c1. The standard InChI is InChI=1S/C20H17ClN4O4/c21-14-2-1-3-17(12-14)24-19(26)13-18(20(24)27)23-10-8-22(9-11-23)15-4-6-16(7-5-15)25(28)29/h1-7,12-13H,8-11H2. The number of piperazine rings is 1.